The molecule has 0 aliphatic heterocycles. The fourth-order valence-electron chi connectivity index (χ4n) is 1.68. The second-order valence-corrected chi connectivity index (χ2v) is 5.53. The van der Waals surface area contributed by atoms with Gasteiger partial charge in [0.15, 0.2) is 0 Å². The van der Waals surface area contributed by atoms with Gasteiger partial charge in [0, 0.05) is 0 Å². The molecule has 16 heavy (non-hydrogen) atoms. The van der Waals surface area contributed by atoms with Crippen molar-refractivity contribution in [2.75, 3.05) is 12.4 Å². The summed E-state index contributed by atoms with van der Waals surface area (Å²) in [6, 6.07) is 0. The van der Waals surface area contributed by atoms with Gasteiger partial charge in [0.05, 0.1) is 12.0 Å². The van der Waals surface area contributed by atoms with Gasteiger partial charge in [0.1, 0.15) is 12.4 Å². The van der Waals surface area contributed by atoms with E-state index in [1.54, 1.807) is 0 Å². The summed E-state index contributed by atoms with van der Waals surface area (Å²) in [5.74, 6) is -1.28. The predicted octanol–water partition coefficient (Wildman–Crippen LogP) is -0.0315. The van der Waals surface area contributed by atoms with Gasteiger partial charge in [-0.1, -0.05) is 0 Å². The van der Waals surface area contributed by atoms with Crippen LogP contribution in [0.3, 0.4) is 0 Å². The zero-order chi connectivity index (χ0) is 12.2. The van der Waals surface area contributed by atoms with Crippen molar-refractivity contribution in [3.63, 3.8) is 0 Å². The predicted molar refractivity (Wildman–Crippen MR) is 55.3 cm³/mol. The average Bonchev–Trinajstić information content (AvgIpc) is 2.16. The van der Waals surface area contributed by atoms with Crippen LogP contribution in [0.15, 0.2) is 0 Å². The lowest BCUT2D eigenvalue weighted by Gasteiger charge is -2.23. The molecule has 0 unspecified atom stereocenters. The van der Waals surface area contributed by atoms with Crippen molar-refractivity contribution in [2.24, 2.45) is 5.92 Å². The molecule has 0 aromatic carbocycles. The Hall–Kier alpha value is -0.660. The zero-order valence-electron chi connectivity index (χ0n) is 8.83. The molecule has 0 heterocycles. The highest BCUT2D eigenvalue weighted by Gasteiger charge is 2.26. The highest BCUT2D eigenvalue weighted by Crippen LogP contribution is 2.25. The van der Waals surface area contributed by atoms with Crippen molar-refractivity contribution < 1.29 is 27.6 Å². The van der Waals surface area contributed by atoms with E-state index >= 15 is 0 Å². The fourth-order valence-corrected chi connectivity index (χ4v) is 1.97. The van der Waals surface area contributed by atoms with Crippen LogP contribution in [0.5, 0.6) is 0 Å². The third-order valence-electron chi connectivity index (χ3n) is 2.62. The van der Waals surface area contributed by atoms with Crippen LogP contribution in [0.4, 0.5) is 0 Å². The van der Waals surface area contributed by atoms with Crippen LogP contribution < -0.4 is 0 Å². The van der Waals surface area contributed by atoms with Crippen molar-refractivity contribution in [1.29, 1.82) is 0 Å². The number of rotatable bonds is 4. The summed E-state index contributed by atoms with van der Waals surface area (Å²) in [7, 11) is -4.08. The molecular formula is C9H16O6S. The van der Waals surface area contributed by atoms with E-state index in [9.17, 15) is 18.3 Å². The van der Waals surface area contributed by atoms with Crippen molar-refractivity contribution in [1.82, 2.24) is 0 Å². The minimum absolute atomic E-state index is 0.259. The maximum absolute atomic E-state index is 11.4. The highest BCUT2D eigenvalue weighted by molar-refractivity contribution is 7.85. The smallest absolute Gasteiger partial charge is 0.308 e. The summed E-state index contributed by atoms with van der Waals surface area (Å²) >= 11 is 0. The van der Waals surface area contributed by atoms with E-state index in [2.05, 4.69) is 0 Å². The standard InChI is InChI=1S/C9H16O6S/c10-8-3-1-7(2-4-8)9(11)15-5-6-16(12,13)14/h7-8,10H,1-6H2,(H,12,13,14). The monoisotopic (exact) mass is 252 g/mol. The van der Waals surface area contributed by atoms with Gasteiger partial charge in [-0.15, -0.1) is 0 Å². The van der Waals surface area contributed by atoms with Crippen LogP contribution in [-0.2, 0) is 19.6 Å². The highest BCUT2D eigenvalue weighted by atomic mass is 32.2. The van der Waals surface area contributed by atoms with E-state index < -0.39 is 21.8 Å². The molecule has 2 N–H and O–H groups in total. The van der Waals surface area contributed by atoms with Gasteiger partial charge in [0.25, 0.3) is 10.1 Å². The molecule has 6 nitrogen and oxygen atoms in total. The summed E-state index contributed by atoms with van der Waals surface area (Å²) in [4.78, 5) is 11.4. The second-order valence-electron chi connectivity index (χ2n) is 3.96. The van der Waals surface area contributed by atoms with Gasteiger partial charge in [-0.2, -0.15) is 8.42 Å². The molecule has 0 atom stereocenters. The topological polar surface area (TPSA) is 101 Å². The van der Waals surface area contributed by atoms with Gasteiger partial charge >= 0.3 is 5.97 Å². The second kappa shape index (κ2) is 5.60. The lowest BCUT2D eigenvalue weighted by atomic mass is 9.88. The van der Waals surface area contributed by atoms with Crippen LogP contribution in [0.1, 0.15) is 25.7 Å². The third-order valence-corrected chi connectivity index (χ3v) is 3.30. The number of hydrogen-bond donors (Lipinski definition) is 2. The first-order valence-electron chi connectivity index (χ1n) is 5.18. The van der Waals surface area contributed by atoms with E-state index in [0.717, 1.165) is 0 Å². The number of aliphatic hydroxyl groups excluding tert-OH is 1. The van der Waals surface area contributed by atoms with E-state index in [1.807, 2.05) is 0 Å². The first kappa shape index (κ1) is 13.4. The molecule has 1 rings (SSSR count). The minimum atomic E-state index is -4.08. The van der Waals surface area contributed by atoms with Crippen LogP contribution in [0, 0.1) is 5.92 Å². The van der Waals surface area contributed by atoms with Crippen LogP contribution in [0.2, 0.25) is 0 Å². The lowest BCUT2D eigenvalue weighted by molar-refractivity contribution is -0.149. The molecule has 0 bridgehead atoms. The van der Waals surface area contributed by atoms with E-state index in [0.29, 0.717) is 25.7 Å². The summed E-state index contributed by atoms with van der Waals surface area (Å²) in [5, 5.41) is 9.23. The molecule has 1 saturated carbocycles. The zero-order valence-corrected chi connectivity index (χ0v) is 9.65. The fraction of sp³-hybridized carbons (Fsp3) is 0.889. The Labute approximate surface area is 94.4 Å². The number of ether oxygens (including phenoxy) is 1. The van der Waals surface area contributed by atoms with Gasteiger partial charge in [-0.25, -0.2) is 0 Å². The Morgan fingerprint density at radius 1 is 1.25 bits per heavy atom. The van der Waals surface area contributed by atoms with Crippen LogP contribution in [-0.4, -0.2) is 42.5 Å². The van der Waals surface area contributed by atoms with Gasteiger partial charge < -0.3 is 9.84 Å². The lowest BCUT2D eigenvalue weighted by Crippen LogP contribution is -2.27. The molecule has 1 aliphatic carbocycles. The summed E-state index contributed by atoms with van der Waals surface area (Å²) in [5.41, 5.74) is 0. The van der Waals surface area contributed by atoms with E-state index in [1.165, 1.54) is 0 Å². The molecule has 0 amide bonds. The van der Waals surface area contributed by atoms with E-state index in [-0.39, 0.29) is 18.6 Å². The third kappa shape index (κ3) is 4.91. The Kier molecular flexibility index (Phi) is 4.69. The van der Waals surface area contributed by atoms with Crippen LogP contribution in [0.25, 0.3) is 0 Å². The normalized spacial score (nSPS) is 26.4. The molecule has 0 radical (unpaired) electrons. The maximum atomic E-state index is 11.4. The molecule has 94 valence electrons. The Bertz CT molecular complexity index is 328. The maximum Gasteiger partial charge on any atom is 0.308 e. The van der Waals surface area contributed by atoms with Gasteiger partial charge in [-0.05, 0) is 25.7 Å². The minimum Gasteiger partial charge on any atom is -0.464 e. The summed E-state index contributed by atoms with van der Waals surface area (Å²) in [6.07, 6.45) is 1.91. The van der Waals surface area contributed by atoms with Gasteiger partial charge in [0.2, 0.25) is 0 Å². The summed E-state index contributed by atoms with van der Waals surface area (Å²) in [6.45, 7) is -0.323. The Balaban J connectivity index is 2.25. The summed E-state index contributed by atoms with van der Waals surface area (Å²) < 4.78 is 33.9. The number of esters is 1. The van der Waals surface area contributed by atoms with Crippen LogP contribution >= 0.6 is 0 Å². The Morgan fingerprint density at radius 3 is 2.31 bits per heavy atom. The number of carbonyl (C=O) groups is 1. The molecule has 0 spiro atoms. The van der Waals surface area contributed by atoms with Crippen molar-refractivity contribution in [3.05, 3.63) is 0 Å². The largest absolute Gasteiger partial charge is 0.464 e. The number of hydrogen-bond acceptors (Lipinski definition) is 5. The molecule has 7 heteroatoms. The van der Waals surface area contributed by atoms with Gasteiger partial charge in [-0.3, -0.25) is 9.35 Å². The SMILES string of the molecule is O=C(OCCS(=O)(=O)O)C1CCC(O)CC1. The Morgan fingerprint density at radius 2 is 1.81 bits per heavy atom. The molecule has 1 fully saturated rings. The van der Waals surface area contributed by atoms with Crippen molar-refractivity contribution in [2.45, 2.75) is 31.8 Å². The molecular weight excluding hydrogens is 236 g/mol. The van der Waals surface area contributed by atoms with E-state index in [4.69, 9.17) is 9.29 Å². The molecule has 0 aromatic heterocycles. The first-order chi connectivity index (χ1) is 7.38. The number of aliphatic hydroxyl groups is 1. The van der Waals surface area contributed by atoms with Crippen molar-refractivity contribution in [3.8, 4) is 0 Å². The molecule has 0 saturated heterocycles. The quantitative estimate of drug-likeness (QED) is 0.538. The molecule has 1 aliphatic rings. The average molecular weight is 252 g/mol. The van der Waals surface area contributed by atoms with Crippen molar-refractivity contribution >= 4 is 16.1 Å². The number of carbonyl (C=O) groups excluding carboxylic acids is 1. The first-order valence-corrected chi connectivity index (χ1v) is 6.79. The molecule has 0 aromatic rings.